The molecule has 4 nitrogen and oxygen atoms in total. The number of rotatable bonds is 4. The molecule has 2 aromatic carbocycles. The Morgan fingerprint density at radius 1 is 0.962 bits per heavy atom. The van der Waals surface area contributed by atoms with Gasteiger partial charge < -0.3 is 14.2 Å². The van der Waals surface area contributed by atoms with Gasteiger partial charge in [-0.2, -0.15) is 0 Å². The fourth-order valence-corrected chi connectivity index (χ4v) is 2.45. The minimum absolute atomic E-state index is 0. The van der Waals surface area contributed by atoms with Crippen LogP contribution in [0.15, 0.2) is 77.5 Å². The van der Waals surface area contributed by atoms with Gasteiger partial charge in [0.05, 0.1) is 12.8 Å². The van der Waals surface area contributed by atoms with Crippen molar-refractivity contribution in [2.45, 2.75) is 19.6 Å². The number of hydrogen-bond acceptors (Lipinski definition) is 4. The van der Waals surface area contributed by atoms with E-state index in [9.17, 15) is 0 Å². The third-order valence-corrected chi connectivity index (χ3v) is 3.59. The minimum Gasteiger partial charge on any atom is -0.497 e. The summed E-state index contributed by atoms with van der Waals surface area (Å²) in [7, 11) is 1.64. The molecule has 1 aliphatic rings. The second-order valence-corrected chi connectivity index (χ2v) is 6.02. The van der Waals surface area contributed by atoms with Crippen LogP contribution in [0.5, 0.6) is 5.75 Å². The van der Waals surface area contributed by atoms with Gasteiger partial charge in [0.25, 0.3) is 0 Å². The van der Waals surface area contributed by atoms with Gasteiger partial charge in [0.1, 0.15) is 17.3 Å². The van der Waals surface area contributed by atoms with Crippen molar-refractivity contribution in [2.24, 2.45) is 4.99 Å². The zero-order valence-corrected chi connectivity index (χ0v) is 16.7. The molecule has 3 rings (SSSR count). The molecule has 0 aliphatic carbocycles. The van der Waals surface area contributed by atoms with Gasteiger partial charge in [0.15, 0.2) is 0 Å². The first-order chi connectivity index (χ1) is 12.1. The predicted octanol–water partition coefficient (Wildman–Crippen LogP) is 5.68. The van der Waals surface area contributed by atoms with E-state index in [1.807, 2.05) is 80.6 Å². The van der Waals surface area contributed by atoms with E-state index in [-0.39, 0.29) is 17.0 Å². The topological polar surface area (TPSA) is 40.0 Å². The Bertz CT molecular complexity index is 809. The normalized spacial score (nSPS) is 17.0. The van der Waals surface area contributed by atoms with E-state index in [0.717, 1.165) is 22.8 Å². The molecular weight excluding hydrogens is 394 g/mol. The predicted molar refractivity (Wildman–Crippen MR) is 110 cm³/mol. The summed E-state index contributed by atoms with van der Waals surface area (Å²) < 4.78 is 16.9. The van der Waals surface area contributed by atoms with Gasteiger partial charge in [-0.15, -0.1) is 17.0 Å². The molecule has 26 heavy (non-hydrogen) atoms. The molecule has 0 N–H and O–H groups in total. The van der Waals surface area contributed by atoms with Crippen molar-refractivity contribution in [3.63, 3.8) is 0 Å². The van der Waals surface area contributed by atoms with Crippen molar-refractivity contribution in [3.8, 4) is 5.75 Å². The molecule has 0 saturated heterocycles. The lowest BCUT2D eigenvalue weighted by atomic mass is 10.1. The molecule has 1 aliphatic heterocycles. The number of ether oxygens (including phenoxy) is 3. The Morgan fingerprint density at radius 2 is 1.65 bits per heavy atom. The summed E-state index contributed by atoms with van der Waals surface area (Å²) in [6.45, 7) is 3.77. The van der Waals surface area contributed by atoms with Gasteiger partial charge in [0, 0.05) is 31.7 Å². The second-order valence-electron chi connectivity index (χ2n) is 6.02. The van der Waals surface area contributed by atoms with Crippen LogP contribution in [0, 0.1) is 0 Å². The van der Waals surface area contributed by atoms with Crippen LogP contribution in [-0.2, 0) is 9.47 Å². The molecule has 0 unspecified atom stereocenters. The number of halogens is 1. The summed E-state index contributed by atoms with van der Waals surface area (Å²) in [6, 6.07) is 17.5. The zero-order chi connectivity index (χ0) is 17.7. The SMILES string of the molecule is Br.COc1ccc(N=C/C=C2\C=C(c3ccccc3)OC(C)(C)O2)cc1. The third kappa shape index (κ3) is 5.23. The summed E-state index contributed by atoms with van der Waals surface area (Å²) in [4.78, 5) is 4.41. The monoisotopic (exact) mass is 415 g/mol. The quantitative estimate of drug-likeness (QED) is 0.602. The summed E-state index contributed by atoms with van der Waals surface area (Å²) in [5.41, 5.74) is 1.85. The van der Waals surface area contributed by atoms with Crippen molar-refractivity contribution in [3.05, 3.63) is 78.1 Å². The Hall–Kier alpha value is -2.53. The lowest BCUT2D eigenvalue weighted by molar-refractivity contribution is -0.149. The first kappa shape index (κ1) is 19.8. The van der Waals surface area contributed by atoms with Crippen molar-refractivity contribution < 1.29 is 14.2 Å². The molecule has 0 atom stereocenters. The molecule has 136 valence electrons. The van der Waals surface area contributed by atoms with Gasteiger partial charge in [-0.05, 0) is 30.3 Å². The number of allylic oxidation sites excluding steroid dienone is 2. The maximum Gasteiger partial charge on any atom is 0.245 e. The average molecular weight is 416 g/mol. The number of hydrogen-bond donors (Lipinski definition) is 0. The lowest BCUT2D eigenvalue weighted by Gasteiger charge is -2.33. The summed E-state index contributed by atoms with van der Waals surface area (Å²) in [6.07, 6.45) is 5.43. The van der Waals surface area contributed by atoms with Gasteiger partial charge in [0.2, 0.25) is 5.79 Å². The standard InChI is InChI=1S/C21H21NO3.BrH/c1-21(2)24-19(15-20(25-21)16-7-5-4-6-8-16)13-14-22-17-9-11-18(23-3)12-10-17;/h4-15H,1-3H3;1H/b19-13+,22-14?;. The summed E-state index contributed by atoms with van der Waals surface area (Å²) in [5.74, 6) is 1.55. The molecule has 0 amide bonds. The van der Waals surface area contributed by atoms with Crippen LogP contribution >= 0.6 is 17.0 Å². The number of aliphatic imine (C=N–C) groups is 1. The highest BCUT2D eigenvalue weighted by Crippen LogP contribution is 2.32. The van der Waals surface area contributed by atoms with Gasteiger partial charge >= 0.3 is 0 Å². The molecule has 1 heterocycles. The van der Waals surface area contributed by atoms with Crippen molar-refractivity contribution >= 4 is 34.6 Å². The van der Waals surface area contributed by atoms with Crippen LogP contribution in [0.4, 0.5) is 5.69 Å². The molecule has 0 aromatic heterocycles. The van der Waals surface area contributed by atoms with Crippen LogP contribution < -0.4 is 4.74 Å². The van der Waals surface area contributed by atoms with E-state index < -0.39 is 5.79 Å². The van der Waals surface area contributed by atoms with Crippen LogP contribution in [0.3, 0.4) is 0 Å². The largest absolute Gasteiger partial charge is 0.497 e. The Morgan fingerprint density at radius 3 is 2.31 bits per heavy atom. The van der Waals surface area contributed by atoms with E-state index in [1.165, 1.54) is 0 Å². The van der Waals surface area contributed by atoms with Crippen LogP contribution in [0.25, 0.3) is 5.76 Å². The molecule has 0 bridgehead atoms. The lowest BCUT2D eigenvalue weighted by Crippen LogP contribution is -2.30. The molecule has 0 radical (unpaired) electrons. The third-order valence-electron chi connectivity index (χ3n) is 3.59. The van der Waals surface area contributed by atoms with E-state index in [4.69, 9.17) is 14.2 Å². The maximum absolute atomic E-state index is 5.92. The second kappa shape index (κ2) is 8.72. The number of methoxy groups -OCH3 is 1. The maximum atomic E-state index is 5.92. The Kier molecular flexibility index (Phi) is 6.64. The molecule has 0 saturated carbocycles. The smallest absolute Gasteiger partial charge is 0.245 e. The highest BCUT2D eigenvalue weighted by molar-refractivity contribution is 8.93. The molecule has 5 heteroatoms. The molecule has 0 fully saturated rings. The molecule has 2 aromatic rings. The number of benzene rings is 2. The van der Waals surface area contributed by atoms with E-state index in [2.05, 4.69) is 4.99 Å². The number of nitrogens with zero attached hydrogens (tertiary/aromatic N) is 1. The van der Waals surface area contributed by atoms with Gasteiger partial charge in [-0.3, -0.25) is 4.99 Å². The first-order valence-electron chi connectivity index (χ1n) is 8.09. The van der Waals surface area contributed by atoms with Crippen LogP contribution in [0.1, 0.15) is 19.4 Å². The van der Waals surface area contributed by atoms with Gasteiger partial charge in [-0.25, -0.2) is 0 Å². The summed E-state index contributed by atoms with van der Waals surface area (Å²) >= 11 is 0. The van der Waals surface area contributed by atoms with Crippen LogP contribution in [0.2, 0.25) is 0 Å². The average Bonchev–Trinajstić information content (AvgIpc) is 2.62. The summed E-state index contributed by atoms with van der Waals surface area (Å²) in [5, 5.41) is 0. The van der Waals surface area contributed by atoms with Gasteiger partial charge in [-0.1, -0.05) is 30.3 Å². The van der Waals surface area contributed by atoms with Crippen molar-refractivity contribution in [1.82, 2.24) is 0 Å². The van der Waals surface area contributed by atoms with Crippen molar-refractivity contribution in [1.29, 1.82) is 0 Å². The Balaban J connectivity index is 0.00000243. The first-order valence-corrected chi connectivity index (χ1v) is 8.09. The fraction of sp³-hybridized carbons (Fsp3) is 0.190. The van der Waals surface area contributed by atoms with E-state index >= 15 is 0 Å². The highest BCUT2D eigenvalue weighted by atomic mass is 79.9. The van der Waals surface area contributed by atoms with E-state index in [1.54, 1.807) is 13.3 Å². The Labute approximate surface area is 164 Å². The van der Waals surface area contributed by atoms with Crippen molar-refractivity contribution in [2.75, 3.05) is 7.11 Å². The van der Waals surface area contributed by atoms with Crippen LogP contribution in [-0.4, -0.2) is 19.1 Å². The zero-order valence-electron chi connectivity index (χ0n) is 15.0. The molecular formula is C21H22BrNO3. The van der Waals surface area contributed by atoms with E-state index in [0.29, 0.717) is 5.76 Å². The highest BCUT2D eigenvalue weighted by Gasteiger charge is 2.28. The fourth-order valence-electron chi connectivity index (χ4n) is 2.45. The molecule has 0 spiro atoms. The minimum atomic E-state index is -0.736.